The Labute approximate surface area is 185 Å². The molecule has 0 spiro atoms. The van der Waals surface area contributed by atoms with Crippen molar-refractivity contribution in [2.45, 2.75) is 69.8 Å². The molecule has 0 saturated carbocycles. The minimum Gasteiger partial charge on any atom is -0.480 e. The van der Waals surface area contributed by atoms with Gasteiger partial charge in [-0.25, -0.2) is 4.98 Å². The third kappa shape index (κ3) is 8.99. The minimum absolute atomic E-state index is 0.0206. The number of carboxylic acid groups (broad SMARTS) is 1. The van der Waals surface area contributed by atoms with E-state index in [2.05, 4.69) is 25.9 Å². The molecule has 0 bridgehead atoms. The van der Waals surface area contributed by atoms with Crippen molar-refractivity contribution in [2.75, 3.05) is 6.54 Å². The molecule has 1 rings (SSSR count). The number of carbonyl (C=O) groups is 4. The quantitative estimate of drug-likeness (QED) is 0.137. The van der Waals surface area contributed by atoms with Crippen LogP contribution in [0.4, 0.5) is 0 Å². The maximum absolute atomic E-state index is 12.9. The number of rotatable bonds is 14. The molecule has 5 atom stereocenters. The van der Waals surface area contributed by atoms with Crippen LogP contribution in [0.15, 0.2) is 12.5 Å². The van der Waals surface area contributed by atoms with Crippen LogP contribution in [0.3, 0.4) is 0 Å². The molecule has 0 radical (unpaired) electrons. The molecule has 0 saturated heterocycles. The zero-order chi connectivity index (χ0) is 24.3. The molecule has 0 fully saturated rings. The minimum atomic E-state index is -1.44. The van der Waals surface area contributed by atoms with Crippen molar-refractivity contribution >= 4 is 23.7 Å². The van der Waals surface area contributed by atoms with Gasteiger partial charge in [0.05, 0.1) is 18.5 Å². The molecule has 13 nitrogen and oxygen atoms in total. The van der Waals surface area contributed by atoms with Gasteiger partial charge in [0, 0.05) is 18.3 Å². The van der Waals surface area contributed by atoms with Crippen molar-refractivity contribution in [3.63, 3.8) is 0 Å². The Morgan fingerprint density at radius 3 is 2.31 bits per heavy atom. The maximum Gasteiger partial charge on any atom is 0.325 e. The number of hydrogen-bond donors (Lipinski definition) is 8. The van der Waals surface area contributed by atoms with Gasteiger partial charge < -0.3 is 42.6 Å². The van der Waals surface area contributed by atoms with Crippen molar-refractivity contribution in [3.05, 3.63) is 18.2 Å². The standard InChI is InChI=1S/C19H33N7O6/c1-10(19(31)32)24-18(30)15(11(2)27)26-17(29)14(7-12-8-22-9-23-12)25-16(28)13(21)5-3-4-6-20/h8-11,13-15,27H,3-7,20-21H2,1-2H3,(H,22,23)(H,24,30)(H,25,28)(H,26,29)(H,31,32). The number of amides is 3. The fraction of sp³-hybridized carbons (Fsp3) is 0.632. The second kappa shape index (κ2) is 13.4. The summed E-state index contributed by atoms with van der Waals surface area (Å²) in [6.07, 6.45) is 3.31. The molecule has 180 valence electrons. The average molecular weight is 456 g/mol. The summed E-state index contributed by atoms with van der Waals surface area (Å²) in [7, 11) is 0. The lowest BCUT2D eigenvalue weighted by molar-refractivity contribution is -0.142. The normalized spacial score (nSPS) is 15.7. The number of imidazole rings is 1. The van der Waals surface area contributed by atoms with Crippen molar-refractivity contribution in [1.29, 1.82) is 0 Å². The van der Waals surface area contributed by atoms with Gasteiger partial charge in [-0.3, -0.25) is 19.2 Å². The highest BCUT2D eigenvalue weighted by molar-refractivity contribution is 5.94. The number of aliphatic hydroxyl groups is 1. The summed E-state index contributed by atoms with van der Waals surface area (Å²) in [5.41, 5.74) is 11.9. The van der Waals surface area contributed by atoms with E-state index in [1.54, 1.807) is 0 Å². The van der Waals surface area contributed by atoms with E-state index >= 15 is 0 Å². The summed E-state index contributed by atoms with van der Waals surface area (Å²) in [6.45, 7) is 2.99. The first kappa shape index (κ1) is 27.0. The Balaban J connectivity index is 2.91. The van der Waals surface area contributed by atoms with Crippen molar-refractivity contribution < 1.29 is 29.4 Å². The number of aromatic amines is 1. The highest BCUT2D eigenvalue weighted by atomic mass is 16.4. The molecular formula is C19H33N7O6. The van der Waals surface area contributed by atoms with E-state index in [9.17, 15) is 24.3 Å². The lowest BCUT2D eigenvalue weighted by Crippen LogP contribution is -2.60. The van der Waals surface area contributed by atoms with E-state index in [-0.39, 0.29) is 6.42 Å². The largest absolute Gasteiger partial charge is 0.480 e. The Morgan fingerprint density at radius 1 is 1.09 bits per heavy atom. The number of nitrogens with one attached hydrogen (secondary N) is 4. The van der Waals surface area contributed by atoms with Gasteiger partial charge in [-0.1, -0.05) is 6.42 Å². The average Bonchev–Trinajstić information content (AvgIpc) is 3.23. The van der Waals surface area contributed by atoms with Crippen LogP contribution in [0, 0.1) is 0 Å². The smallest absolute Gasteiger partial charge is 0.325 e. The third-order valence-electron chi connectivity index (χ3n) is 4.71. The molecule has 5 unspecified atom stereocenters. The number of aromatic nitrogens is 2. The van der Waals surface area contributed by atoms with Crippen LogP contribution in [0.5, 0.6) is 0 Å². The van der Waals surface area contributed by atoms with Crippen molar-refractivity contribution in [1.82, 2.24) is 25.9 Å². The molecule has 3 amide bonds. The molecule has 0 aliphatic heterocycles. The number of hydrogen-bond acceptors (Lipinski definition) is 8. The van der Waals surface area contributed by atoms with E-state index in [1.807, 2.05) is 0 Å². The summed E-state index contributed by atoms with van der Waals surface area (Å²) >= 11 is 0. The molecule has 32 heavy (non-hydrogen) atoms. The van der Waals surface area contributed by atoms with Crippen LogP contribution in [-0.4, -0.2) is 80.7 Å². The first-order valence-electron chi connectivity index (χ1n) is 10.3. The SMILES string of the molecule is CC(NC(=O)C(NC(=O)C(Cc1cnc[nH]1)NC(=O)C(N)CCCCN)C(C)O)C(=O)O. The summed E-state index contributed by atoms with van der Waals surface area (Å²) < 4.78 is 0. The fourth-order valence-electron chi connectivity index (χ4n) is 2.77. The van der Waals surface area contributed by atoms with E-state index in [1.165, 1.54) is 26.4 Å². The van der Waals surface area contributed by atoms with Crippen LogP contribution in [-0.2, 0) is 25.6 Å². The van der Waals surface area contributed by atoms with Crippen LogP contribution in [0.2, 0.25) is 0 Å². The maximum atomic E-state index is 12.9. The van der Waals surface area contributed by atoms with E-state index in [4.69, 9.17) is 16.6 Å². The summed E-state index contributed by atoms with van der Waals surface area (Å²) in [6, 6.07) is -4.66. The third-order valence-corrected chi connectivity index (χ3v) is 4.71. The van der Waals surface area contributed by atoms with Gasteiger partial charge in [-0.05, 0) is 33.2 Å². The number of H-pyrrole nitrogens is 1. The Bertz CT molecular complexity index is 755. The lowest BCUT2D eigenvalue weighted by atomic mass is 10.1. The molecule has 0 aromatic carbocycles. The highest BCUT2D eigenvalue weighted by Crippen LogP contribution is 2.04. The zero-order valence-corrected chi connectivity index (χ0v) is 18.2. The number of nitrogens with two attached hydrogens (primary N) is 2. The van der Waals surface area contributed by atoms with Gasteiger partial charge >= 0.3 is 5.97 Å². The number of unbranched alkanes of at least 4 members (excludes halogenated alkanes) is 1. The number of nitrogens with zero attached hydrogens (tertiary/aromatic N) is 1. The first-order valence-corrected chi connectivity index (χ1v) is 10.3. The van der Waals surface area contributed by atoms with E-state index < -0.39 is 54.0 Å². The van der Waals surface area contributed by atoms with Crippen LogP contribution in [0.1, 0.15) is 38.8 Å². The van der Waals surface area contributed by atoms with Crippen molar-refractivity contribution in [2.24, 2.45) is 11.5 Å². The molecule has 0 aliphatic rings. The molecule has 10 N–H and O–H groups in total. The molecule has 0 aliphatic carbocycles. The number of carboxylic acids is 1. The first-order chi connectivity index (χ1) is 15.1. The van der Waals surface area contributed by atoms with Crippen molar-refractivity contribution in [3.8, 4) is 0 Å². The number of aliphatic carboxylic acids is 1. The van der Waals surface area contributed by atoms with Gasteiger partial charge in [-0.15, -0.1) is 0 Å². The van der Waals surface area contributed by atoms with Crippen LogP contribution < -0.4 is 27.4 Å². The molecular weight excluding hydrogens is 422 g/mol. The second-order valence-electron chi connectivity index (χ2n) is 7.53. The molecule has 13 heteroatoms. The fourth-order valence-corrected chi connectivity index (χ4v) is 2.77. The predicted molar refractivity (Wildman–Crippen MR) is 114 cm³/mol. The van der Waals surface area contributed by atoms with Crippen LogP contribution >= 0.6 is 0 Å². The predicted octanol–water partition coefficient (Wildman–Crippen LogP) is -2.65. The monoisotopic (exact) mass is 455 g/mol. The lowest BCUT2D eigenvalue weighted by Gasteiger charge is -2.26. The topological polar surface area (TPSA) is 226 Å². The van der Waals surface area contributed by atoms with Gasteiger partial charge in [0.1, 0.15) is 18.1 Å². The number of aliphatic hydroxyl groups excluding tert-OH is 1. The summed E-state index contributed by atoms with van der Waals surface area (Å²) in [4.78, 5) is 55.4. The molecule has 1 aromatic heterocycles. The van der Waals surface area contributed by atoms with Crippen LogP contribution in [0.25, 0.3) is 0 Å². The molecule has 1 aromatic rings. The Hall–Kier alpha value is -3.03. The Kier molecular flexibility index (Phi) is 11.3. The van der Waals surface area contributed by atoms with E-state index in [0.717, 1.165) is 0 Å². The summed E-state index contributed by atoms with van der Waals surface area (Å²) in [5.74, 6) is -3.47. The van der Waals surface area contributed by atoms with Gasteiger partial charge in [0.15, 0.2) is 0 Å². The molecule has 1 heterocycles. The van der Waals surface area contributed by atoms with Gasteiger partial charge in [0.25, 0.3) is 0 Å². The Morgan fingerprint density at radius 2 is 1.78 bits per heavy atom. The van der Waals surface area contributed by atoms with Gasteiger partial charge in [-0.2, -0.15) is 0 Å². The summed E-state index contributed by atoms with van der Waals surface area (Å²) in [5, 5.41) is 26.0. The highest BCUT2D eigenvalue weighted by Gasteiger charge is 2.32. The number of carbonyl (C=O) groups excluding carboxylic acids is 3. The zero-order valence-electron chi connectivity index (χ0n) is 18.2. The van der Waals surface area contributed by atoms with Gasteiger partial charge in [0.2, 0.25) is 17.7 Å². The second-order valence-corrected chi connectivity index (χ2v) is 7.53. The van der Waals surface area contributed by atoms with E-state index in [0.29, 0.717) is 31.5 Å².